The molecule has 1 aromatic heterocycles. The first-order valence-corrected chi connectivity index (χ1v) is 6.88. The van der Waals surface area contributed by atoms with Crippen LogP contribution in [-0.4, -0.2) is 21.8 Å². The van der Waals surface area contributed by atoms with Gasteiger partial charge in [0.25, 0.3) is 0 Å². The van der Waals surface area contributed by atoms with E-state index in [0.29, 0.717) is 23.6 Å². The molecular weight excluding hydrogens is 294 g/mol. The van der Waals surface area contributed by atoms with E-state index < -0.39 is 4.92 Å². The summed E-state index contributed by atoms with van der Waals surface area (Å²) in [5.41, 5.74) is 0.927. The topological polar surface area (TPSA) is 70.2 Å². The highest BCUT2D eigenvalue weighted by Crippen LogP contribution is 2.32. The van der Waals surface area contributed by atoms with Crippen LogP contribution in [0.2, 0.25) is 5.15 Å². The number of ether oxygens (including phenoxy) is 1. The Balaban J connectivity index is 2.50. The van der Waals surface area contributed by atoms with Gasteiger partial charge >= 0.3 is 5.69 Å². The quantitative estimate of drug-likeness (QED) is 0.624. The molecule has 0 amide bonds. The molecule has 0 N–H and O–H groups in total. The SMILES string of the molecule is COc1ccc(-n2nc(CC(C)C)c([N+](=O)[O-])c2Cl)cc1. The fourth-order valence-corrected chi connectivity index (χ4v) is 2.34. The van der Waals surface area contributed by atoms with E-state index in [-0.39, 0.29) is 16.8 Å². The van der Waals surface area contributed by atoms with Crippen molar-refractivity contribution in [3.05, 3.63) is 45.2 Å². The third-order valence-corrected chi connectivity index (χ3v) is 3.32. The number of aromatic nitrogens is 2. The van der Waals surface area contributed by atoms with E-state index in [1.807, 2.05) is 13.8 Å². The number of nitrogens with zero attached hydrogens (tertiary/aromatic N) is 3. The molecule has 0 saturated heterocycles. The van der Waals surface area contributed by atoms with E-state index in [1.54, 1.807) is 31.4 Å². The molecule has 0 aliphatic heterocycles. The summed E-state index contributed by atoms with van der Waals surface area (Å²) in [7, 11) is 1.57. The second kappa shape index (κ2) is 6.13. The minimum atomic E-state index is -0.479. The number of methoxy groups -OCH3 is 1. The Bertz CT molecular complexity index is 650. The second-order valence-electron chi connectivity index (χ2n) is 5.05. The molecule has 2 rings (SSSR count). The van der Waals surface area contributed by atoms with E-state index in [9.17, 15) is 10.1 Å². The van der Waals surface area contributed by atoms with Gasteiger partial charge in [0.15, 0.2) is 0 Å². The molecule has 0 aliphatic carbocycles. The normalized spacial score (nSPS) is 10.9. The van der Waals surface area contributed by atoms with Gasteiger partial charge in [-0.15, -0.1) is 0 Å². The van der Waals surface area contributed by atoms with Crippen molar-refractivity contribution in [1.82, 2.24) is 9.78 Å². The molecule has 112 valence electrons. The van der Waals surface area contributed by atoms with Crippen LogP contribution in [0.15, 0.2) is 24.3 Å². The molecule has 0 aliphatic rings. The van der Waals surface area contributed by atoms with Crippen molar-refractivity contribution in [2.75, 3.05) is 7.11 Å². The lowest BCUT2D eigenvalue weighted by atomic mass is 10.1. The number of rotatable bonds is 5. The maximum absolute atomic E-state index is 11.2. The van der Waals surface area contributed by atoms with Gasteiger partial charge in [-0.1, -0.05) is 25.4 Å². The lowest BCUT2D eigenvalue weighted by molar-refractivity contribution is -0.385. The largest absolute Gasteiger partial charge is 0.497 e. The Morgan fingerprint density at radius 1 is 1.38 bits per heavy atom. The number of hydrogen-bond donors (Lipinski definition) is 0. The molecule has 0 atom stereocenters. The molecule has 0 bridgehead atoms. The van der Waals surface area contributed by atoms with Crippen molar-refractivity contribution < 1.29 is 9.66 Å². The first-order valence-electron chi connectivity index (χ1n) is 6.50. The molecule has 1 aromatic carbocycles. The van der Waals surface area contributed by atoms with Gasteiger partial charge in [-0.2, -0.15) is 5.10 Å². The maximum Gasteiger partial charge on any atom is 0.329 e. The highest BCUT2D eigenvalue weighted by atomic mass is 35.5. The standard InChI is InChI=1S/C14H16ClN3O3/c1-9(2)8-12-13(18(19)20)14(15)17(16-12)10-4-6-11(21-3)7-5-10/h4-7,9H,8H2,1-3H3. The predicted molar refractivity (Wildman–Crippen MR) is 80.3 cm³/mol. The van der Waals surface area contributed by atoms with Crippen LogP contribution < -0.4 is 4.74 Å². The van der Waals surface area contributed by atoms with Gasteiger partial charge in [0, 0.05) is 6.42 Å². The lowest BCUT2D eigenvalue weighted by Crippen LogP contribution is -2.00. The van der Waals surface area contributed by atoms with Gasteiger partial charge in [-0.3, -0.25) is 10.1 Å². The van der Waals surface area contributed by atoms with E-state index in [1.165, 1.54) is 4.68 Å². The summed E-state index contributed by atoms with van der Waals surface area (Å²) in [5.74, 6) is 0.943. The summed E-state index contributed by atoms with van der Waals surface area (Å²) in [6, 6.07) is 7.00. The molecule has 0 saturated carbocycles. The van der Waals surface area contributed by atoms with Crippen LogP contribution >= 0.6 is 11.6 Å². The summed E-state index contributed by atoms with van der Waals surface area (Å²) in [6.07, 6.45) is 0.499. The number of hydrogen-bond acceptors (Lipinski definition) is 4. The van der Waals surface area contributed by atoms with Crippen LogP contribution in [-0.2, 0) is 6.42 Å². The molecule has 0 fully saturated rings. The average Bonchev–Trinajstić information content (AvgIpc) is 2.75. The van der Waals surface area contributed by atoms with Gasteiger partial charge in [0.2, 0.25) is 5.15 Å². The van der Waals surface area contributed by atoms with Gasteiger partial charge in [0.1, 0.15) is 11.4 Å². The van der Waals surface area contributed by atoms with Crippen LogP contribution in [0.4, 0.5) is 5.69 Å². The molecule has 0 spiro atoms. The van der Waals surface area contributed by atoms with Crippen LogP contribution in [0.1, 0.15) is 19.5 Å². The first kappa shape index (κ1) is 15.3. The zero-order valence-corrected chi connectivity index (χ0v) is 12.8. The van der Waals surface area contributed by atoms with Gasteiger partial charge in [-0.25, -0.2) is 4.68 Å². The van der Waals surface area contributed by atoms with Crippen molar-refractivity contribution in [2.24, 2.45) is 5.92 Å². The van der Waals surface area contributed by atoms with Crippen molar-refractivity contribution in [2.45, 2.75) is 20.3 Å². The fraction of sp³-hybridized carbons (Fsp3) is 0.357. The van der Waals surface area contributed by atoms with Gasteiger partial charge in [0.05, 0.1) is 17.7 Å². The van der Waals surface area contributed by atoms with Gasteiger partial charge in [-0.05, 0) is 30.2 Å². The minimum absolute atomic E-state index is 0.0146. The molecular formula is C14H16ClN3O3. The summed E-state index contributed by atoms with van der Waals surface area (Å²) in [5, 5.41) is 15.5. The lowest BCUT2D eigenvalue weighted by Gasteiger charge is -2.04. The second-order valence-corrected chi connectivity index (χ2v) is 5.41. The van der Waals surface area contributed by atoms with Crippen LogP contribution in [0, 0.1) is 16.0 Å². The number of halogens is 1. The number of nitro groups is 1. The van der Waals surface area contributed by atoms with Crippen LogP contribution in [0.25, 0.3) is 5.69 Å². The van der Waals surface area contributed by atoms with Crippen molar-refractivity contribution in [3.63, 3.8) is 0 Å². The first-order chi connectivity index (χ1) is 9.93. The van der Waals surface area contributed by atoms with E-state index >= 15 is 0 Å². The molecule has 0 unspecified atom stereocenters. The molecule has 7 heteroatoms. The smallest absolute Gasteiger partial charge is 0.329 e. The average molecular weight is 310 g/mol. The zero-order chi connectivity index (χ0) is 15.6. The molecule has 21 heavy (non-hydrogen) atoms. The Labute approximate surface area is 127 Å². The molecule has 2 aromatic rings. The molecule has 6 nitrogen and oxygen atoms in total. The van der Waals surface area contributed by atoms with Crippen molar-refractivity contribution in [3.8, 4) is 11.4 Å². The highest BCUT2D eigenvalue weighted by Gasteiger charge is 2.27. The van der Waals surface area contributed by atoms with E-state index in [4.69, 9.17) is 16.3 Å². The minimum Gasteiger partial charge on any atom is -0.497 e. The Kier molecular flexibility index (Phi) is 4.47. The number of benzene rings is 1. The van der Waals surface area contributed by atoms with Crippen LogP contribution in [0.5, 0.6) is 5.75 Å². The maximum atomic E-state index is 11.2. The van der Waals surface area contributed by atoms with Crippen molar-refractivity contribution >= 4 is 17.3 Å². The van der Waals surface area contributed by atoms with E-state index in [0.717, 1.165) is 0 Å². The predicted octanol–water partition coefficient (Wildman–Crippen LogP) is 3.64. The van der Waals surface area contributed by atoms with Gasteiger partial charge < -0.3 is 4.74 Å². The highest BCUT2D eigenvalue weighted by molar-refractivity contribution is 6.32. The summed E-state index contributed by atoms with van der Waals surface area (Å²) >= 11 is 6.14. The fourth-order valence-electron chi connectivity index (χ4n) is 2.03. The van der Waals surface area contributed by atoms with E-state index in [2.05, 4.69) is 5.10 Å². The molecule has 1 heterocycles. The molecule has 0 radical (unpaired) electrons. The Morgan fingerprint density at radius 3 is 2.48 bits per heavy atom. The Hall–Kier alpha value is -2.08. The summed E-state index contributed by atoms with van der Waals surface area (Å²) in [6.45, 7) is 3.95. The van der Waals surface area contributed by atoms with Crippen molar-refractivity contribution in [1.29, 1.82) is 0 Å². The summed E-state index contributed by atoms with van der Waals surface area (Å²) in [4.78, 5) is 10.7. The monoisotopic (exact) mass is 309 g/mol. The summed E-state index contributed by atoms with van der Waals surface area (Å²) < 4.78 is 6.47. The zero-order valence-electron chi connectivity index (χ0n) is 12.0. The third kappa shape index (κ3) is 3.16. The third-order valence-electron chi connectivity index (χ3n) is 2.98. The Morgan fingerprint density at radius 2 is 2.00 bits per heavy atom. The van der Waals surface area contributed by atoms with Crippen LogP contribution in [0.3, 0.4) is 0 Å².